The first kappa shape index (κ1) is 10.2. The topological polar surface area (TPSA) is 52.0 Å². The molecule has 0 amide bonds. The van der Waals surface area contributed by atoms with Crippen molar-refractivity contribution in [2.75, 3.05) is 13.2 Å². The van der Waals surface area contributed by atoms with E-state index in [0.29, 0.717) is 5.92 Å². The lowest BCUT2D eigenvalue weighted by Crippen LogP contribution is -2.21. The molecular weight excluding hydrogens is 204 g/mol. The summed E-state index contributed by atoms with van der Waals surface area (Å²) in [5.41, 5.74) is 0. The van der Waals surface area contributed by atoms with E-state index in [1.807, 2.05) is 4.68 Å². The van der Waals surface area contributed by atoms with Gasteiger partial charge in [-0.2, -0.15) is 5.10 Å². The molecule has 5 nitrogen and oxygen atoms in total. The zero-order valence-corrected chi connectivity index (χ0v) is 9.43. The Morgan fingerprint density at radius 2 is 2.38 bits per heavy atom. The van der Waals surface area contributed by atoms with Crippen molar-refractivity contribution >= 4 is 0 Å². The molecule has 5 heteroatoms. The second-order valence-corrected chi connectivity index (χ2v) is 4.74. The number of hydrogen-bond acceptors (Lipinski definition) is 4. The minimum Gasteiger partial charge on any atom is -0.381 e. The van der Waals surface area contributed by atoms with Gasteiger partial charge in [0, 0.05) is 25.1 Å². The van der Waals surface area contributed by atoms with Crippen LogP contribution in [0, 0.1) is 5.92 Å². The van der Waals surface area contributed by atoms with Crippen molar-refractivity contribution in [2.45, 2.75) is 38.4 Å². The largest absolute Gasteiger partial charge is 0.381 e. The van der Waals surface area contributed by atoms with Crippen LogP contribution < -0.4 is 5.32 Å². The van der Waals surface area contributed by atoms with E-state index in [0.717, 1.165) is 44.6 Å². The molecule has 2 aliphatic rings. The van der Waals surface area contributed by atoms with Gasteiger partial charge >= 0.3 is 0 Å². The van der Waals surface area contributed by atoms with Gasteiger partial charge in [0.25, 0.3) is 0 Å². The van der Waals surface area contributed by atoms with Gasteiger partial charge in [-0.15, -0.1) is 0 Å². The smallest absolute Gasteiger partial charge is 0.140 e. The molecule has 1 saturated carbocycles. The van der Waals surface area contributed by atoms with E-state index < -0.39 is 0 Å². The molecule has 2 heterocycles. The van der Waals surface area contributed by atoms with Gasteiger partial charge in [0.05, 0.1) is 13.2 Å². The summed E-state index contributed by atoms with van der Waals surface area (Å²) < 4.78 is 7.40. The van der Waals surface area contributed by atoms with Crippen LogP contribution in [-0.2, 0) is 17.8 Å². The van der Waals surface area contributed by atoms with Gasteiger partial charge in [0.15, 0.2) is 0 Å². The fraction of sp³-hybridized carbons (Fsp3) is 0.818. The average Bonchev–Trinajstić information content (AvgIpc) is 2.79. The molecule has 1 atom stereocenters. The molecule has 0 radical (unpaired) electrons. The molecule has 1 aromatic rings. The summed E-state index contributed by atoms with van der Waals surface area (Å²) in [5.74, 6) is 1.67. The molecule has 16 heavy (non-hydrogen) atoms. The fourth-order valence-electron chi connectivity index (χ4n) is 2.07. The number of rotatable bonds is 5. The fourth-order valence-corrected chi connectivity index (χ4v) is 2.07. The second-order valence-electron chi connectivity index (χ2n) is 4.74. The van der Waals surface area contributed by atoms with Crippen LogP contribution in [0.3, 0.4) is 0 Å². The van der Waals surface area contributed by atoms with Crippen LogP contribution in [0.25, 0.3) is 0 Å². The Balaban J connectivity index is 1.57. The normalized spacial score (nSPS) is 25.1. The molecule has 0 bridgehead atoms. The molecule has 1 N–H and O–H groups in total. The minimum atomic E-state index is 0.612. The molecule has 1 aliphatic heterocycles. The lowest BCUT2D eigenvalue weighted by molar-refractivity contribution is 0.181. The van der Waals surface area contributed by atoms with Gasteiger partial charge in [0.1, 0.15) is 12.2 Å². The third-order valence-electron chi connectivity index (χ3n) is 3.28. The van der Waals surface area contributed by atoms with Crippen LogP contribution in [-0.4, -0.2) is 34.0 Å². The minimum absolute atomic E-state index is 0.612. The first-order valence-corrected chi connectivity index (χ1v) is 6.09. The van der Waals surface area contributed by atoms with Gasteiger partial charge in [-0.05, 0) is 19.3 Å². The van der Waals surface area contributed by atoms with E-state index >= 15 is 0 Å². The third-order valence-corrected chi connectivity index (χ3v) is 3.28. The van der Waals surface area contributed by atoms with Gasteiger partial charge in [0.2, 0.25) is 0 Å². The number of ether oxygens (including phenoxy) is 1. The van der Waals surface area contributed by atoms with E-state index in [4.69, 9.17) is 4.74 Å². The van der Waals surface area contributed by atoms with Crippen molar-refractivity contribution in [3.8, 4) is 0 Å². The number of nitrogens with zero attached hydrogens (tertiary/aromatic N) is 3. The van der Waals surface area contributed by atoms with Crippen LogP contribution in [0.5, 0.6) is 0 Å². The SMILES string of the molecule is c1nc(CNC2CC2)n(CC2CCOC2)n1. The molecule has 1 unspecified atom stereocenters. The van der Waals surface area contributed by atoms with E-state index in [1.54, 1.807) is 6.33 Å². The van der Waals surface area contributed by atoms with E-state index in [2.05, 4.69) is 15.4 Å². The quantitative estimate of drug-likeness (QED) is 0.791. The standard InChI is InChI=1S/C11H18N4O/c1-2-10(1)12-5-11-13-8-14-15(11)6-9-3-4-16-7-9/h8-10,12H,1-7H2. The Morgan fingerprint density at radius 1 is 1.44 bits per heavy atom. The molecule has 88 valence electrons. The van der Waals surface area contributed by atoms with Crippen molar-refractivity contribution in [3.63, 3.8) is 0 Å². The highest BCUT2D eigenvalue weighted by atomic mass is 16.5. The maximum atomic E-state index is 5.38. The summed E-state index contributed by atoms with van der Waals surface area (Å²) in [7, 11) is 0. The zero-order valence-electron chi connectivity index (χ0n) is 9.43. The zero-order chi connectivity index (χ0) is 10.8. The first-order valence-electron chi connectivity index (χ1n) is 6.09. The lowest BCUT2D eigenvalue weighted by Gasteiger charge is -2.10. The van der Waals surface area contributed by atoms with Crippen molar-refractivity contribution in [3.05, 3.63) is 12.2 Å². The Kier molecular flexibility index (Phi) is 2.88. The number of hydrogen-bond donors (Lipinski definition) is 1. The maximum absolute atomic E-state index is 5.38. The number of nitrogens with one attached hydrogen (secondary N) is 1. The predicted molar refractivity (Wildman–Crippen MR) is 58.8 cm³/mol. The summed E-state index contributed by atoms with van der Waals surface area (Å²) >= 11 is 0. The Bertz CT molecular complexity index is 342. The average molecular weight is 222 g/mol. The summed E-state index contributed by atoms with van der Waals surface area (Å²) in [4.78, 5) is 4.31. The Hall–Kier alpha value is -0.940. The lowest BCUT2D eigenvalue weighted by atomic mass is 10.1. The molecule has 2 fully saturated rings. The van der Waals surface area contributed by atoms with Crippen molar-refractivity contribution in [1.29, 1.82) is 0 Å². The molecule has 1 saturated heterocycles. The summed E-state index contributed by atoms with van der Waals surface area (Å²) in [6.45, 7) is 3.56. The predicted octanol–water partition coefficient (Wildman–Crippen LogP) is 0.567. The Morgan fingerprint density at radius 3 is 3.12 bits per heavy atom. The summed E-state index contributed by atoms with van der Waals surface area (Å²) in [5, 5.41) is 7.76. The van der Waals surface area contributed by atoms with Crippen LogP contribution >= 0.6 is 0 Å². The summed E-state index contributed by atoms with van der Waals surface area (Å²) in [6, 6.07) is 0.722. The molecule has 0 aromatic carbocycles. The van der Waals surface area contributed by atoms with Crippen LogP contribution in [0.4, 0.5) is 0 Å². The maximum Gasteiger partial charge on any atom is 0.140 e. The van der Waals surface area contributed by atoms with Crippen LogP contribution in [0.1, 0.15) is 25.1 Å². The third kappa shape index (κ3) is 2.41. The van der Waals surface area contributed by atoms with Gasteiger partial charge < -0.3 is 10.1 Å². The van der Waals surface area contributed by atoms with Gasteiger partial charge in [-0.25, -0.2) is 9.67 Å². The highest BCUT2D eigenvalue weighted by Gasteiger charge is 2.22. The Labute approximate surface area is 95.2 Å². The summed E-state index contributed by atoms with van der Waals surface area (Å²) in [6.07, 6.45) is 5.42. The van der Waals surface area contributed by atoms with Gasteiger partial charge in [-0.1, -0.05) is 0 Å². The molecule has 3 rings (SSSR count). The molecule has 0 spiro atoms. The van der Waals surface area contributed by atoms with Gasteiger partial charge in [-0.3, -0.25) is 0 Å². The first-order chi connectivity index (χ1) is 7.92. The number of aromatic nitrogens is 3. The van der Waals surface area contributed by atoms with E-state index in [-0.39, 0.29) is 0 Å². The van der Waals surface area contributed by atoms with Crippen LogP contribution in [0.15, 0.2) is 6.33 Å². The second kappa shape index (κ2) is 4.51. The molecule has 1 aromatic heterocycles. The highest BCUT2D eigenvalue weighted by molar-refractivity contribution is 4.89. The van der Waals surface area contributed by atoms with Crippen molar-refractivity contribution in [2.24, 2.45) is 5.92 Å². The highest BCUT2D eigenvalue weighted by Crippen LogP contribution is 2.19. The van der Waals surface area contributed by atoms with Crippen molar-refractivity contribution in [1.82, 2.24) is 20.1 Å². The monoisotopic (exact) mass is 222 g/mol. The molecule has 1 aliphatic carbocycles. The van der Waals surface area contributed by atoms with Crippen LogP contribution in [0.2, 0.25) is 0 Å². The molecular formula is C11H18N4O. The van der Waals surface area contributed by atoms with Crippen molar-refractivity contribution < 1.29 is 4.74 Å². The van der Waals surface area contributed by atoms with E-state index in [9.17, 15) is 0 Å². The van der Waals surface area contributed by atoms with E-state index in [1.165, 1.54) is 12.8 Å².